The Bertz CT molecular complexity index is 959. The molecule has 0 fully saturated rings. The van der Waals surface area contributed by atoms with Gasteiger partial charge in [0.05, 0.1) is 11.1 Å². The van der Waals surface area contributed by atoms with Gasteiger partial charge in [-0.3, -0.25) is 4.79 Å². The van der Waals surface area contributed by atoms with E-state index >= 15 is 0 Å². The van der Waals surface area contributed by atoms with Crippen molar-refractivity contribution in [3.8, 4) is 11.1 Å². The van der Waals surface area contributed by atoms with E-state index in [-0.39, 0.29) is 5.91 Å². The molecule has 130 valence electrons. The SMILES string of the molecule is CNC(=O)c1[nH]c2c(-c3ccc(C(F)(F)F)cc3)cc(Cl)cc2c1C. The van der Waals surface area contributed by atoms with Crippen molar-refractivity contribution in [1.29, 1.82) is 0 Å². The van der Waals surface area contributed by atoms with Crippen molar-refractivity contribution in [2.75, 3.05) is 7.05 Å². The fourth-order valence-electron chi connectivity index (χ4n) is 2.81. The standard InChI is InChI=1S/C18H14ClF3N2O/c1-9-13-7-12(19)8-14(16(13)24-15(9)17(25)23-2)10-3-5-11(6-4-10)18(20,21)22/h3-8,24H,1-2H3,(H,23,25). The van der Waals surface area contributed by atoms with Crippen molar-refractivity contribution in [3.63, 3.8) is 0 Å². The zero-order valence-corrected chi connectivity index (χ0v) is 14.1. The summed E-state index contributed by atoms with van der Waals surface area (Å²) in [7, 11) is 1.52. The normalized spacial score (nSPS) is 11.8. The number of rotatable bonds is 2. The minimum absolute atomic E-state index is 0.275. The van der Waals surface area contributed by atoms with Crippen molar-refractivity contribution < 1.29 is 18.0 Å². The molecule has 7 heteroatoms. The van der Waals surface area contributed by atoms with Crippen LogP contribution in [0.2, 0.25) is 5.02 Å². The van der Waals surface area contributed by atoms with Crippen LogP contribution < -0.4 is 5.32 Å². The van der Waals surface area contributed by atoms with E-state index in [0.717, 1.165) is 23.1 Å². The van der Waals surface area contributed by atoms with E-state index in [4.69, 9.17) is 11.6 Å². The summed E-state index contributed by atoms with van der Waals surface area (Å²) >= 11 is 6.18. The first-order valence-electron chi connectivity index (χ1n) is 7.44. The maximum Gasteiger partial charge on any atom is 0.416 e. The lowest BCUT2D eigenvalue weighted by atomic mass is 10.0. The number of hydrogen-bond donors (Lipinski definition) is 2. The molecular formula is C18H14ClF3N2O. The highest BCUT2D eigenvalue weighted by molar-refractivity contribution is 6.32. The van der Waals surface area contributed by atoms with Crippen LogP contribution in [0.15, 0.2) is 36.4 Å². The van der Waals surface area contributed by atoms with E-state index in [1.165, 1.54) is 19.2 Å². The molecule has 0 aliphatic heterocycles. The first-order chi connectivity index (χ1) is 11.7. The second-order valence-electron chi connectivity index (χ2n) is 5.66. The summed E-state index contributed by atoms with van der Waals surface area (Å²) in [6.45, 7) is 1.79. The van der Waals surface area contributed by atoms with Crippen molar-refractivity contribution >= 4 is 28.4 Å². The quantitative estimate of drug-likeness (QED) is 0.645. The summed E-state index contributed by atoms with van der Waals surface area (Å²) in [5.41, 5.74) is 2.26. The van der Waals surface area contributed by atoms with Crippen molar-refractivity contribution in [2.24, 2.45) is 0 Å². The molecule has 0 aliphatic carbocycles. The van der Waals surface area contributed by atoms with Gasteiger partial charge < -0.3 is 10.3 Å². The van der Waals surface area contributed by atoms with Crippen LogP contribution in [0.25, 0.3) is 22.0 Å². The van der Waals surface area contributed by atoms with Gasteiger partial charge in [0, 0.05) is 23.0 Å². The average molecular weight is 367 g/mol. The number of aromatic nitrogens is 1. The summed E-state index contributed by atoms with van der Waals surface area (Å²) in [4.78, 5) is 15.1. The number of carbonyl (C=O) groups is 1. The second-order valence-corrected chi connectivity index (χ2v) is 6.09. The summed E-state index contributed by atoms with van der Waals surface area (Å²) in [5, 5.41) is 3.74. The highest BCUT2D eigenvalue weighted by Crippen LogP contribution is 2.36. The van der Waals surface area contributed by atoms with Gasteiger partial charge in [-0.15, -0.1) is 0 Å². The first-order valence-corrected chi connectivity index (χ1v) is 7.81. The molecule has 0 atom stereocenters. The summed E-state index contributed by atoms with van der Waals surface area (Å²) in [6.07, 6.45) is -4.39. The van der Waals surface area contributed by atoms with Crippen molar-refractivity contribution in [2.45, 2.75) is 13.1 Å². The van der Waals surface area contributed by atoms with E-state index in [1.54, 1.807) is 19.1 Å². The number of fused-ring (bicyclic) bond motifs is 1. The molecule has 0 radical (unpaired) electrons. The summed E-state index contributed by atoms with van der Waals surface area (Å²) in [5.74, 6) is -0.275. The number of alkyl halides is 3. The molecular weight excluding hydrogens is 353 g/mol. The molecule has 0 spiro atoms. The maximum absolute atomic E-state index is 12.8. The van der Waals surface area contributed by atoms with E-state index in [2.05, 4.69) is 10.3 Å². The van der Waals surface area contributed by atoms with Crippen LogP contribution in [0, 0.1) is 6.92 Å². The number of aromatic amines is 1. The number of hydrogen-bond acceptors (Lipinski definition) is 1. The van der Waals surface area contributed by atoms with E-state index in [0.29, 0.717) is 27.4 Å². The smallest absolute Gasteiger partial charge is 0.354 e. The van der Waals surface area contributed by atoms with Crippen LogP contribution in [-0.4, -0.2) is 17.9 Å². The average Bonchev–Trinajstić information content (AvgIpc) is 2.90. The van der Waals surface area contributed by atoms with Gasteiger partial charge in [0.1, 0.15) is 5.69 Å². The third-order valence-electron chi connectivity index (χ3n) is 4.11. The molecule has 25 heavy (non-hydrogen) atoms. The van der Waals surface area contributed by atoms with Crippen molar-refractivity contribution in [3.05, 3.63) is 58.2 Å². The molecule has 0 aliphatic rings. The third-order valence-corrected chi connectivity index (χ3v) is 4.33. The number of nitrogens with one attached hydrogen (secondary N) is 2. The Morgan fingerprint density at radius 2 is 1.80 bits per heavy atom. The number of halogens is 4. The van der Waals surface area contributed by atoms with Gasteiger partial charge in [-0.1, -0.05) is 23.7 Å². The number of H-pyrrole nitrogens is 1. The Morgan fingerprint density at radius 3 is 2.36 bits per heavy atom. The second kappa shape index (κ2) is 6.11. The first kappa shape index (κ1) is 17.4. The fraction of sp³-hybridized carbons (Fsp3) is 0.167. The largest absolute Gasteiger partial charge is 0.416 e. The van der Waals surface area contributed by atoms with E-state index in [9.17, 15) is 18.0 Å². The molecule has 0 saturated carbocycles. The fourth-order valence-corrected chi connectivity index (χ4v) is 3.03. The highest BCUT2D eigenvalue weighted by Gasteiger charge is 2.30. The van der Waals surface area contributed by atoms with Crippen LogP contribution >= 0.6 is 11.6 Å². The molecule has 1 heterocycles. The van der Waals surface area contributed by atoms with Crippen LogP contribution in [-0.2, 0) is 6.18 Å². The van der Waals surface area contributed by atoms with Gasteiger partial charge in [0.15, 0.2) is 0 Å². The molecule has 3 nitrogen and oxygen atoms in total. The molecule has 2 aromatic carbocycles. The Balaban J connectivity index is 2.21. The Morgan fingerprint density at radius 1 is 1.16 bits per heavy atom. The van der Waals surface area contributed by atoms with Gasteiger partial charge in [-0.2, -0.15) is 13.2 Å². The van der Waals surface area contributed by atoms with Crippen molar-refractivity contribution in [1.82, 2.24) is 10.3 Å². The monoisotopic (exact) mass is 366 g/mol. The molecule has 0 unspecified atom stereocenters. The van der Waals surface area contributed by atoms with Crippen LogP contribution in [0.1, 0.15) is 21.6 Å². The van der Waals surface area contributed by atoms with Crippen LogP contribution in [0.3, 0.4) is 0 Å². The number of amides is 1. The lowest BCUT2D eigenvalue weighted by molar-refractivity contribution is -0.137. The lowest BCUT2D eigenvalue weighted by Crippen LogP contribution is -2.19. The van der Waals surface area contributed by atoms with Gasteiger partial charge >= 0.3 is 6.18 Å². The van der Waals surface area contributed by atoms with Gasteiger partial charge in [0.25, 0.3) is 5.91 Å². The number of carbonyl (C=O) groups excluding carboxylic acids is 1. The number of aryl methyl sites for hydroxylation is 1. The minimum Gasteiger partial charge on any atom is -0.354 e. The Labute approximate surface area is 146 Å². The molecule has 1 amide bonds. The van der Waals surface area contributed by atoms with Gasteiger partial charge in [0.2, 0.25) is 0 Å². The summed E-state index contributed by atoms with van der Waals surface area (Å²) < 4.78 is 38.3. The van der Waals surface area contributed by atoms with Crippen LogP contribution in [0.4, 0.5) is 13.2 Å². The zero-order valence-electron chi connectivity index (χ0n) is 13.4. The van der Waals surface area contributed by atoms with Gasteiger partial charge in [-0.25, -0.2) is 0 Å². The maximum atomic E-state index is 12.8. The topological polar surface area (TPSA) is 44.9 Å². The Hall–Kier alpha value is -2.47. The molecule has 0 bridgehead atoms. The predicted octanol–water partition coefficient (Wildman–Crippen LogP) is 5.18. The molecule has 2 N–H and O–H groups in total. The van der Waals surface area contributed by atoms with E-state index < -0.39 is 11.7 Å². The number of benzene rings is 2. The predicted molar refractivity (Wildman–Crippen MR) is 91.9 cm³/mol. The van der Waals surface area contributed by atoms with Crippen LogP contribution in [0.5, 0.6) is 0 Å². The Kier molecular flexibility index (Phi) is 4.24. The highest BCUT2D eigenvalue weighted by atomic mass is 35.5. The van der Waals surface area contributed by atoms with Gasteiger partial charge in [-0.05, 0) is 42.3 Å². The third kappa shape index (κ3) is 3.09. The molecule has 3 rings (SSSR count). The summed E-state index contributed by atoms with van der Waals surface area (Å²) in [6, 6.07) is 8.22. The lowest BCUT2D eigenvalue weighted by Gasteiger charge is -2.09. The molecule has 3 aromatic rings. The molecule has 0 saturated heterocycles. The zero-order chi connectivity index (χ0) is 18.4. The van der Waals surface area contributed by atoms with E-state index in [1.807, 2.05) is 0 Å². The molecule has 1 aromatic heterocycles. The minimum atomic E-state index is -4.39.